The number of carbonyl (C=O) groups is 3. The second-order valence-corrected chi connectivity index (χ2v) is 5.39. The second-order valence-electron chi connectivity index (χ2n) is 4.14. The molecule has 0 aliphatic heterocycles. The van der Waals surface area contributed by atoms with Crippen LogP contribution in [0, 0.1) is 3.57 Å². The first-order valence-electron chi connectivity index (χ1n) is 5.92. The Morgan fingerprint density at radius 2 is 1.67 bits per heavy atom. The molecular weight excluding hydrogens is 385 g/mol. The number of benzene rings is 2. The van der Waals surface area contributed by atoms with Crippen LogP contribution < -0.4 is 5.32 Å². The molecule has 6 heteroatoms. The number of carboxylic acids is 1. The Labute approximate surface area is 134 Å². The lowest BCUT2D eigenvalue weighted by molar-refractivity contribution is -0.131. The summed E-state index contributed by atoms with van der Waals surface area (Å²) in [7, 11) is 0. The molecule has 0 bridgehead atoms. The number of anilines is 1. The molecule has 0 saturated heterocycles. The van der Waals surface area contributed by atoms with Crippen molar-refractivity contribution in [3.63, 3.8) is 0 Å². The highest BCUT2D eigenvalue weighted by atomic mass is 127. The molecule has 0 heterocycles. The summed E-state index contributed by atoms with van der Waals surface area (Å²) in [5, 5.41) is 11.4. The summed E-state index contributed by atoms with van der Waals surface area (Å²) in [6.07, 6.45) is 0. The van der Waals surface area contributed by atoms with E-state index in [2.05, 4.69) is 5.32 Å². The Hall–Kier alpha value is -2.22. The summed E-state index contributed by atoms with van der Waals surface area (Å²) >= 11 is 2.01. The fraction of sp³-hybridized carbons (Fsp3) is 0. The van der Waals surface area contributed by atoms with Crippen molar-refractivity contribution in [2.45, 2.75) is 0 Å². The number of halogens is 1. The van der Waals surface area contributed by atoms with Crippen molar-refractivity contribution < 1.29 is 19.5 Å². The number of rotatable bonds is 4. The molecule has 21 heavy (non-hydrogen) atoms. The number of carbonyl (C=O) groups excluding carboxylic acids is 2. The van der Waals surface area contributed by atoms with Crippen molar-refractivity contribution in [2.75, 3.05) is 5.32 Å². The Morgan fingerprint density at radius 1 is 1.00 bits per heavy atom. The average molecular weight is 395 g/mol. The Kier molecular flexibility index (Phi) is 4.69. The zero-order valence-corrected chi connectivity index (χ0v) is 12.8. The molecular formula is C15H10INO4. The number of amides is 1. The van der Waals surface area contributed by atoms with Gasteiger partial charge in [0.1, 0.15) is 0 Å². The fourth-order valence-corrected chi connectivity index (χ4v) is 2.21. The Morgan fingerprint density at radius 3 is 2.29 bits per heavy atom. The molecule has 2 aromatic rings. The minimum absolute atomic E-state index is 0.0489. The van der Waals surface area contributed by atoms with E-state index in [9.17, 15) is 14.4 Å². The predicted octanol–water partition coefficient (Wildman–Crippen LogP) is 2.81. The number of nitrogens with one attached hydrogen (secondary N) is 1. The molecule has 0 spiro atoms. The highest BCUT2D eigenvalue weighted by Gasteiger charge is 2.20. The molecule has 1 amide bonds. The van der Waals surface area contributed by atoms with Gasteiger partial charge in [-0.1, -0.05) is 18.2 Å². The molecule has 0 unspecified atom stereocenters. The number of Topliss-reactive ketones (excluding diaryl/α,β-unsaturated/α-hetero) is 1. The van der Waals surface area contributed by atoms with Gasteiger partial charge < -0.3 is 10.4 Å². The van der Waals surface area contributed by atoms with Crippen molar-refractivity contribution in [3.8, 4) is 0 Å². The third-order valence-corrected chi connectivity index (χ3v) is 3.38. The summed E-state index contributed by atoms with van der Waals surface area (Å²) in [6, 6.07) is 13.0. The zero-order chi connectivity index (χ0) is 15.4. The van der Waals surface area contributed by atoms with Gasteiger partial charge in [-0.15, -0.1) is 0 Å². The van der Waals surface area contributed by atoms with Gasteiger partial charge in [-0.2, -0.15) is 0 Å². The monoisotopic (exact) mass is 395 g/mol. The maximum absolute atomic E-state index is 12.1. The van der Waals surface area contributed by atoms with Crippen LogP contribution in [-0.4, -0.2) is 22.8 Å². The minimum atomic E-state index is -1.56. The topological polar surface area (TPSA) is 83.5 Å². The van der Waals surface area contributed by atoms with E-state index in [1.165, 1.54) is 6.07 Å². The summed E-state index contributed by atoms with van der Waals surface area (Å²) in [4.78, 5) is 34.6. The van der Waals surface area contributed by atoms with Crippen LogP contribution in [0.1, 0.15) is 20.7 Å². The number of hydrogen-bond donors (Lipinski definition) is 2. The van der Waals surface area contributed by atoms with Gasteiger partial charge >= 0.3 is 5.97 Å². The molecule has 0 aromatic heterocycles. The van der Waals surface area contributed by atoms with Crippen molar-refractivity contribution in [1.82, 2.24) is 0 Å². The predicted molar refractivity (Wildman–Crippen MR) is 85.5 cm³/mol. The van der Waals surface area contributed by atoms with E-state index >= 15 is 0 Å². The quantitative estimate of drug-likeness (QED) is 0.474. The van der Waals surface area contributed by atoms with Gasteiger partial charge in [-0.3, -0.25) is 9.59 Å². The van der Waals surface area contributed by atoms with Crippen molar-refractivity contribution in [2.24, 2.45) is 0 Å². The van der Waals surface area contributed by atoms with Crippen molar-refractivity contribution >= 4 is 45.9 Å². The zero-order valence-electron chi connectivity index (χ0n) is 10.7. The number of carboxylic acid groups (broad SMARTS) is 1. The van der Waals surface area contributed by atoms with Gasteiger partial charge in [-0.05, 0) is 52.9 Å². The third kappa shape index (κ3) is 3.66. The van der Waals surface area contributed by atoms with E-state index < -0.39 is 17.7 Å². The SMILES string of the molecule is O=C(O)C(=O)c1ccc(I)cc1NC(=O)c1ccccc1. The van der Waals surface area contributed by atoms with E-state index in [1.54, 1.807) is 42.5 Å². The number of ketones is 1. The van der Waals surface area contributed by atoms with Gasteiger partial charge in [0.15, 0.2) is 0 Å². The van der Waals surface area contributed by atoms with Crippen LogP contribution in [-0.2, 0) is 4.79 Å². The largest absolute Gasteiger partial charge is 0.475 e. The van der Waals surface area contributed by atoms with E-state index in [4.69, 9.17) is 5.11 Å². The molecule has 0 aliphatic carbocycles. The molecule has 0 fully saturated rings. The maximum atomic E-state index is 12.1. The van der Waals surface area contributed by atoms with Crippen molar-refractivity contribution in [1.29, 1.82) is 0 Å². The number of aliphatic carboxylic acids is 1. The van der Waals surface area contributed by atoms with Gasteiger partial charge in [-0.25, -0.2) is 4.79 Å². The first kappa shape index (κ1) is 15.2. The Bertz CT molecular complexity index is 713. The average Bonchev–Trinajstić information content (AvgIpc) is 2.47. The molecule has 0 radical (unpaired) electrons. The van der Waals surface area contributed by atoms with E-state index in [0.29, 0.717) is 5.56 Å². The van der Waals surface area contributed by atoms with E-state index in [1.807, 2.05) is 22.6 Å². The highest BCUT2D eigenvalue weighted by molar-refractivity contribution is 14.1. The first-order valence-corrected chi connectivity index (χ1v) is 7.00. The summed E-state index contributed by atoms with van der Waals surface area (Å²) in [5.41, 5.74) is 0.556. The smallest absolute Gasteiger partial charge is 0.377 e. The molecule has 0 atom stereocenters. The summed E-state index contributed by atoms with van der Waals surface area (Å²) < 4.78 is 0.776. The molecule has 0 saturated carbocycles. The normalized spacial score (nSPS) is 9.95. The number of hydrogen-bond acceptors (Lipinski definition) is 3. The summed E-state index contributed by atoms with van der Waals surface area (Å²) in [6.45, 7) is 0. The van der Waals surface area contributed by atoms with Crippen LogP contribution in [0.15, 0.2) is 48.5 Å². The molecule has 2 rings (SSSR count). The van der Waals surface area contributed by atoms with Crippen molar-refractivity contribution in [3.05, 3.63) is 63.2 Å². The summed E-state index contributed by atoms with van der Waals surface area (Å²) in [5.74, 6) is -3.03. The minimum Gasteiger partial charge on any atom is -0.475 e. The third-order valence-electron chi connectivity index (χ3n) is 2.70. The molecule has 2 aromatic carbocycles. The molecule has 5 nitrogen and oxygen atoms in total. The molecule has 0 aliphatic rings. The van der Waals surface area contributed by atoms with Crippen LogP contribution in [0.4, 0.5) is 5.69 Å². The van der Waals surface area contributed by atoms with Crippen LogP contribution in [0.2, 0.25) is 0 Å². The fourth-order valence-electron chi connectivity index (χ4n) is 1.72. The molecule has 106 valence electrons. The van der Waals surface area contributed by atoms with Gasteiger partial charge in [0, 0.05) is 9.13 Å². The standard InChI is InChI=1S/C15H10INO4/c16-10-6-7-11(13(18)15(20)21)12(8-10)17-14(19)9-4-2-1-3-5-9/h1-8H,(H,17,19)(H,20,21). The van der Waals surface area contributed by atoms with Crippen LogP contribution >= 0.6 is 22.6 Å². The van der Waals surface area contributed by atoms with Gasteiger partial charge in [0.25, 0.3) is 11.7 Å². The first-order chi connectivity index (χ1) is 9.99. The van der Waals surface area contributed by atoms with Crippen LogP contribution in [0.5, 0.6) is 0 Å². The molecule has 2 N–H and O–H groups in total. The maximum Gasteiger partial charge on any atom is 0.377 e. The lowest BCUT2D eigenvalue weighted by Crippen LogP contribution is -2.18. The Balaban J connectivity index is 2.35. The van der Waals surface area contributed by atoms with Gasteiger partial charge in [0.05, 0.1) is 11.3 Å². The second kappa shape index (κ2) is 6.49. The lowest BCUT2D eigenvalue weighted by Gasteiger charge is -2.09. The lowest BCUT2D eigenvalue weighted by atomic mass is 10.1. The highest BCUT2D eigenvalue weighted by Crippen LogP contribution is 2.21. The van der Waals surface area contributed by atoms with E-state index in [0.717, 1.165) is 3.57 Å². The van der Waals surface area contributed by atoms with E-state index in [-0.39, 0.29) is 11.3 Å². The van der Waals surface area contributed by atoms with Crippen LogP contribution in [0.25, 0.3) is 0 Å². The van der Waals surface area contributed by atoms with Gasteiger partial charge in [0.2, 0.25) is 0 Å². The van der Waals surface area contributed by atoms with Crippen LogP contribution in [0.3, 0.4) is 0 Å².